The van der Waals surface area contributed by atoms with Crippen molar-refractivity contribution in [2.75, 3.05) is 11.4 Å². The van der Waals surface area contributed by atoms with Gasteiger partial charge < -0.3 is 10.6 Å². The van der Waals surface area contributed by atoms with Crippen LogP contribution in [0.3, 0.4) is 0 Å². The molecule has 0 aliphatic heterocycles. The van der Waals surface area contributed by atoms with Crippen LogP contribution in [0.5, 0.6) is 0 Å². The summed E-state index contributed by atoms with van der Waals surface area (Å²) in [6.45, 7) is 0.892. The molecule has 2 N–H and O–H groups in total. The zero-order valence-electron chi connectivity index (χ0n) is 10.4. The van der Waals surface area contributed by atoms with Crippen molar-refractivity contribution >= 4 is 23.0 Å². The van der Waals surface area contributed by atoms with Gasteiger partial charge in [0.25, 0.3) is 0 Å². The van der Waals surface area contributed by atoms with E-state index >= 15 is 0 Å². The molecule has 0 bridgehead atoms. The van der Waals surface area contributed by atoms with Gasteiger partial charge in [0.2, 0.25) is 0 Å². The lowest BCUT2D eigenvalue weighted by Gasteiger charge is -2.25. The Morgan fingerprint density at radius 2 is 2.22 bits per heavy atom. The van der Waals surface area contributed by atoms with Crippen LogP contribution >= 0.6 is 12.2 Å². The number of nitrogens with two attached hydrogens (primary N) is 1. The van der Waals surface area contributed by atoms with Crippen molar-refractivity contribution in [3.8, 4) is 0 Å². The minimum atomic E-state index is 0.589. The van der Waals surface area contributed by atoms with E-state index in [1.54, 1.807) is 6.33 Å². The number of anilines is 1. The molecule has 0 aromatic carbocycles. The zero-order valence-corrected chi connectivity index (χ0v) is 11.2. The molecule has 0 unspecified atom stereocenters. The van der Waals surface area contributed by atoms with E-state index in [0.717, 1.165) is 31.6 Å². The number of rotatable bonds is 5. The molecule has 1 heterocycles. The van der Waals surface area contributed by atoms with Crippen LogP contribution in [0.1, 0.15) is 36.9 Å². The Morgan fingerprint density at radius 1 is 1.39 bits per heavy atom. The predicted molar refractivity (Wildman–Crippen MR) is 75.8 cm³/mol. The first-order chi connectivity index (χ1) is 8.75. The average molecular weight is 262 g/mol. The smallest absolute Gasteiger partial charge is 0.135 e. The van der Waals surface area contributed by atoms with E-state index in [9.17, 15) is 0 Å². The van der Waals surface area contributed by atoms with Crippen molar-refractivity contribution in [2.24, 2.45) is 5.73 Å². The van der Waals surface area contributed by atoms with Crippen molar-refractivity contribution in [1.29, 1.82) is 0 Å². The Bertz CT molecular complexity index is 470. The van der Waals surface area contributed by atoms with Gasteiger partial charge in [-0.1, -0.05) is 12.2 Å². The normalized spacial score (nSPS) is 17.6. The molecule has 96 valence electrons. The topological polar surface area (TPSA) is 55.0 Å². The van der Waals surface area contributed by atoms with Gasteiger partial charge in [0, 0.05) is 30.3 Å². The molecule has 0 atom stereocenters. The van der Waals surface area contributed by atoms with Crippen LogP contribution in [0.15, 0.2) is 6.33 Å². The number of aryl methyl sites for hydroxylation is 1. The first-order valence-electron chi connectivity index (χ1n) is 6.63. The fourth-order valence-corrected chi connectivity index (χ4v) is 2.76. The van der Waals surface area contributed by atoms with Gasteiger partial charge in [-0.25, -0.2) is 9.97 Å². The maximum atomic E-state index is 5.62. The minimum Gasteiger partial charge on any atom is -0.393 e. The maximum Gasteiger partial charge on any atom is 0.135 e. The Balaban J connectivity index is 1.86. The Hall–Kier alpha value is -1.23. The molecule has 0 amide bonds. The first kappa shape index (κ1) is 11.8. The SMILES string of the molecule is NC(=S)CCN(c1ncnc2c1CCC2)C1CC1. The predicted octanol–water partition coefficient (Wildman–Crippen LogP) is 1.61. The fraction of sp³-hybridized carbons (Fsp3) is 0.615. The van der Waals surface area contributed by atoms with Gasteiger partial charge in [0.05, 0.1) is 4.99 Å². The van der Waals surface area contributed by atoms with E-state index in [2.05, 4.69) is 14.9 Å². The molecular weight excluding hydrogens is 244 g/mol. The Labute approximate surface area is 113 Å². The first-order valence-corrected chi connectivity index (χ1v) is 7.04. The molecule has 5 heteroatoms. The fourth-order valence-electron chi connectivity index (χ4n) is 2.67. The highest BCUT2D eigenvalue weighted by Gasteiger charge is 2.32. The summed E-state index contributed by atoms with van der Waals surface area (Å²) in [7, 11) is 0. The maximum absolute atomic E-state index is 5.62. The highest BCUT2D eigenvalue weighted by molar-refractivity contribution is 7.80. The van der Waals surface area contributed by atoms with Crippen LogP contribution in [-0.2, 0) is 12.8 Å². The number of hydrogen-bond acceptors (Lipinski definition) is 4. The van der Waals surface area contributed by atoms with Gasteiger partial charge >= 0.3 is 0 Å². The van der Waals surface area contributed by atoms with Crippen molar-refractivity contribution in [3.63, 3.8) is 0 Å². The largest absolute Gasteiger partial charge is 0.393 e. The quantitative estimate of drug-likeness (QED) is 0.817. The number of fused-ring (bicyclic) bond motifs is 1. The molecule has 2 aliphatic carbocycles. The molecule has 1 fully saturated rings. The summed E-state index contributed by atoms with van der Waals surface area (Å²) >= 11 is 4.99. The number of hydrogen-bond donors (Lipinski definition) is 1. The second-order valence-corrected chi connectivity index (χ2v) is 5.64. The van der Waals surface area contributed by atoms with Gasteiger partial charge in [0.1, 0.15) is 12.1 Å². The second kappa shape index (κ2) is 4.80. The lowest BCUT2D eigenvalue weighted by Crippen LogP contribution is -2.31. The van der Waals surface area contributed by atoms with Crippen molar-refractivity contribution < 1.29 is 0 Å². The van der Waals surface area contributed by atoms with E-state index in [1.807, 2.05) is 0 Å². The van der Waals surface area contributed by atoms with Gasteiger partial charge in [-0.15, -0.1) is 0 Å². The zero-order chi connectivity index (χ0) is 12.5. The molecule has 1 saturated carbocycles. The molecule has 2 aliphatic rings. The van der Waals surface area contributed by atoms with Crippen molar-refractivity contribution in [2.45, 2.75) is 44.6 Å². The Kier molecular flexibility index (Phi) is 3.16. The van der Waals surface area contributed by atoms with Gasteiger partial charge in [-0.3, -0.25) is 0 Å². The molecular formula is C13H18N4S. The minimum absolute atomic E-state index is 0.589. The average Bonchev–Trinajstić information content (AvgIpc) is 3.06. The van der Waals surface area contributed by atoms with Crippen LogP contribution in [0, 0.1) is 0 Å². The molecule has 0 saturated heterocycles. The van der Waals surface area contributed by atoms with Crippen LogP contribution in [0.4, 0.5) is 5.82 Å². The molecule has 1 aromatic rings. The van der Waals surface area contributed by atoms with E-state index in [0.29, 0.717) is 11.0 Å². The monoisotopic (exact) mass is 262 g/mol. The third-order valence-electron chi connectivity index (χ3n) is 3.71. The highest BCUT2D eigenvalue weighted by atomic mass is 32.1. The molecule has 4 nitrogen and oxygen atoms in total. The Morgan fingerprint density at radius 3 is 2.94 bits per heavy atom. The van der Waals surface area contributed by atoms with Crippen LogP contribution in [0.2, 0.25) is 0 Å². The molecule has 1 aromatic heterocycles. The van der Waals surface area contributed by atoms with Gasteiger partial charge in [-0.2, -0.15) is 0 Å². The summed E-state index contributed by atoms with van der Waals surface area (Å²) < 4.78 is 0. The molecule has 18 heavy (non-hydrogen) atoms. The lowest BCUT2D eigenvalue weighted by molar-refractivity contribution is 0.774. The van der Waals surface area contributed by atoms with Crippen molar-refractivity contribution in [3.05, 3.63) is 17.6 Å². The van der Waals surface area contributed by atoms with Crippen LogP contribution < -0.4 is 10.6 Å². The number of thiocarbonyl (C=S) groups is 1. The van der Waals surface area contributed by atoms with E-state index < -0.39 is 0 Å². The van der Waals surface area contributed by atoms with E-state index in [4.69, 9.17) is 18.0 Å². The molecule has 3 rings (SSSR count). The summed E-state index contributed by atoms with van der Waals surface area (Å²) in [6.07, 6.45) is 8.40. The van der Waals surface area contributed by atoms with Gasteiger partial charge in [0.15, 0.2) is 0 Å². The van der Waals surface area contributed by atoms with Crippen LogP contribution in [-0.4, -0.2) is 27.5 Å². The summed E-state index contributed by atoms with van der Waals surface area (Å²) in [5.74, 6) is 1.14. The third-order valence-corrected chi connectivity index (χ3v) is 3.92. The van der Waals surface area contributed by atoms with Gasteiger partial charge in [-0.05, 0) is 32.1 Å². The third kappa shape index (κ3) is 2.32. The summed E-state index contributed by atoms with van der Waals surface area (Å²) in [4.78, 5) is 11.9. The lowest BCUT2D eigenvalue weighted by atomic mass is 10.2. The van der Waals surface area contributed by atoms with E-state index in [-0.39, 0.29) is 0 Å². The summed E-state index contributed by atoms with van der Waals surface area (Å²) in [5.41, 5.74) is 8.22. The highest BCUT2D eigenvalue weighted by Crippen LogP contribution is 2.35. The molecule has 0 radical (unpaired) electrons. The van der Waals surface area contributed by atoms with Crippen LogP contribution in [0.25, 0.3) is 0 Å². The standard InChI is InChI=1S/C13H18N4S/c14-12(18)6-7-17(9-4-5-9)13-10-2-1-3-11(10)15-8-16-13/h8-9H,1-7H2,(H2,14,18). The summed E-state index contributed by atoms with van der Waals surface area (Å²) in [5, 5.41) is 0. The summed E-state index contributed by atoms with van der Waals surface area (Å²) in [6, 6.07) is 0.638. The molecule has 0 spiro atoms. The number of aromatic nitrogens is 2. The number of nitrogens with zero attached hydrogens (tertiary/aromatic N) is 3. The van der Waals surface area contributed by atoms with E-state index in [1.165, 1.54) is 30.5 Å². The second-order valence-electron chi connectivity index (χ2n) is 5.12. The van der Waals surface area contributed by atoms with Crippen molar-refractivity contribution in [1.82, 2.24) is 9.97 Å².